The molecule has 0 amide bonds. The van der Waals surface area contributed by atoms with Crippen LogP contribution in [0.5, 0.6) is 0 Å². The highest BCUT2D eigenvalue weighted by Crippen LogP contribution is 2.08. The molecular weight excluding hydrogens is 329 g/mol. The first kappa shape index (κ1) is 15.9. The average Bonchev–Trinajstić information content (AvgIpc) is 2.16. The zero-order chi connectivity index (χ0) is 12.6. The molecule has 0 fully saturated rings. The van der Waals surface area contributed by atoms with Crippen molar-refractivity contribution in [1.29, 1.82) is 0 Å². The minimum atomic E-state index is -2.44. The van der Waals surface area contributed by atoms with E-state index >= 15 is 0 Å². The Hall–Kier alpha value is -0.110. The lowest BCUT2D eigenvalue weighted by molar-refractivity contribution is 0.0461. The van der Waals surface area contributed by atoms with E-state index in [0.717, 1.165) is 6.42 Å². The molecular formula is C10H19F2IN2O. The predicted molar refractivity (Wildman–Crippen MR) is 69.5 cm³/mol. The molecule has 2 atom stereocenters. The number of ether oxygens (including phenoxy) is 1. The summed E-state index contributed by atoms with van der Waals surface area (Å²) >= 11 is 2.21. The lowest BCUT2D eigenvalue weighted by Crippen LogP contribution is -2.27. The van der Waals surface area contributed by atoms with Gasteiger partial charge in [0.15, 0.2) is 0 Å². The average molecular weight is 348 g/mol. The van der Waals surface area contributed by atoms with Crippen molar-refractivity contribution < 1.29 is 13.5 Å². The normalized spacial score (nSPS) is 16.1. The second kappa shape index (κ2) is 8.98. The third-order valence-electron chi connectivity index (χ3n) is 1.75. The summed E-state index contributed by atoms with van der Waals surface area (Å²) < 4.78 is 28.9. The number of nitrogens with one attached hydrogen (secondary N) is 1. The minimum Gasteiger partial charge on any atom is -0.490 e. The van der Waals surface area contributed by atoms with Crippen LogP contribution in [0.1, 0.15) is 26.7 Å². The standard InChI is InChI=1S/C10H19F2IN2O/c1-3-8(16-6-9(11)12)5-15-10(13)4-7(2)14/h5,7,9-10,15H,3-4,6,14H2,1-2H3/b8-5+/t7-,10?/m1/s1. The Bertz CT molecular complexity index is 213. The molecule has 0 aliphatic rings. The van der Waals surface area contributed by atoms with Gasteiger partial charge in [-0.05, 0) is 13.3 Å². The summed E-state index contributed by atoms with van der Waals surface area (Å²) in [5, 5.41) is 3.06. The molecule has 0 rings (SSSR count). The number of nitrogens with two attached hydrogens (primary N) is 1. The second-order valence-corrected chi connectivity index (χ2v) is 5.02. The highest BCUT2D eigenvalue weighted by atomic mass is 127. The first-order chi connectivity index (χ1) is 7.45. The molecule has 0 aromatic carbocycles. The van der Waals surface area contributed by atoms with Gasteiger partial charge in [0.05, 0.1) is 4.05 Å². The fourth-order valence-electron chi connectivity index (χ4n) is 0.994. The molecule has 0 heterocycles. The molecule has 16 heavy (non-hydrogen) atoms. The lowest BCUT2D eigenvalue weighted by Gasteiger charge is -2.14. The zero-order valence-electron chi connectivity index (χ0n) is 9.55. The summed E-state index contributed by atoms with van der Waals surface area (Å²) in [5.74, 6) is 0.534. The number of alkyl halides is 3. The van der Waals surface area contributed by atoms with E-state index < -0.39 is 13.0 Å². The number of hydrogen-bond acceptors (Lipinski definition) is 3. The van der Waals surface area contributed by atoms with Gasteiger partial charge < -0.3 is 15.8 Å². The third-order valence-corrected chi connectivity index (χ3v) is 2.62. The molecule has 1 unspecified atom stereocenters. The van der Waals surface area contributed by atoms with Crippen molar-refractivity contribution in [3.05, 3.63) is 12.0 Å². The largest absolute Gasteiger partial charge is 0.490 e. The molecule has 0 aliphatic carbocycles. The van der Waals surface area contributed by atoms with E-state index in [-0.39, 0.29) is 10.1 Å². The summed E-state index contributed by atoms with van der Waals surface area (Å²) in [5.41, 5.74) is 5.63. The van der Waals surface area contributed by atoms with E-state index in [1.807, 2.05) is 13.8 Å². The predicted octanol–water partition coefficient (Wildman–Crippen LogP) is 2.61. The van der Waals surface area contributed by atoms with Gasteiger partial charge >= 0.3 is 0 Å². The SMILES string of the molecule is CC/C(=C\NC(I)C[C@@H](C)N)OCC(F)F. The Balaban J connectivity index is 3.95. The van der Waals surface area contributed by atoms with Crippen LogP contribution in [0.4, 0.5) is 8.78 Å². The topological polar surface area (TPSA) is 47.3 Å². The van der Waals surface area contributed by atoms with Gasteiger partial charge in [-0.3, -0.25) is 0 Å². The van der Waals surface area contributed by atoms with Crippen LogP contribution in [0.25, 0.3) is 0 Å². The summed E-state index contributed by atoms with van der Waals surface area (Å²) in [6, 6.07) is 0.106. The molecule has 0 bridgehead atoms. The smallest absolute Gasteiger partial charge is 0.272 e. The van der Waals surface area contributed by atoms with E-state index in [2.05, 4.69) is 27.9 Å². The molecule has 0 aliphatic heterocycles. The van der Waals surface area contributed by atoms with Gasteiger partial charge in [0, 0.05) is 18.7 Å². The van der Waals surface area contributed by atoms with Gasteiger partial charge in [-0.1, -0.05) is 29.5 Å². The Morgan fingerprint density at radius 2 is 2.19 bits per heavy atom. The fourth-order valence-corrected chi connectivity index (χ4v) is 1.98. The van der Waals surface area contributed by atoms with Crippen molar-refractivity contribution >= 4 is 22.6 Å². The maximum atomic E-state index is 11.9. The quantitative estimate of drug-likeness (QED) is 0.307. The Kier molecular flexibility index (Phi) is 8.91. The summed E-state index contributed by atoms with van der Waals surface area (Å²) in [7, 11) is 0. The number of hydrogen-bond donors (Lipinski definition) is 2. The van der Waals surface area contributed by atoms with Crippen LogP contribution in [-0.4, -0.2) is 23.1 Å². The van der Waals surface area contributed by atoms with Crippen LogP contribution in [0.15, 0.2) is 12.0 Å². The molecule has 0 saturated carbocycles. The van der Waals surface area contributed by atoms with Gasteiger partial charge in [0.25, 0.3) is 6.43 Å². The van der Waals surface area contributed by atoms with Crippen molar-refractivity contribution in [2.24, 2.45) is 5.73 Å². The molecule has 0 saturated heterocycles. The number of halogens is 3. The van der Waals surface area contributed by atoms with Crippen molar-refractivity contribution in [2.45, 2.75) is 43.2 Å². The Morgan fingerprint density at radius 1 is 1.56 bits per heavy atom. The molecule has 3 N–H and O–H groups in total. The highest BCUT2D eigenvalue weighted by Gasteiger charge is 2.07. The summed E-state index contributed by atoms with van der Waals surface area (Å²) in [6.45, 7) is 3.22. The van der Waals surface area contributed by atoms with E-state index in [9.17, 15) is 8.78 Å². The van der Waals surface area contributed by atoms with Gasteiger partial charge in [-0.2, -0.15) is 0 Å². The van der Waals surface area contributed by atoms with Crippen molar-refractivity contribution in [1.82, 2.24) is 5.32 Å². The van der Waals surface area contributed by atoms with E-state index in [1.165, 1.54) is 0 Å². The van der Waals surface area contributed by atoms with E-state index in [0.29, 0.717) is 12.2 Å². The first-order valence-corrected chi connectivity index (χ1v) is 6.46. The molecule has 0 aromatic rings. The lowest BCUT2D eigenvalue weighted by atomic mass is 10.2. The maximum Gasteiger partial charge on any atom is 0.272 e. The number of allylic oxidation sites excluding steroid dienone is 1. The molecule has 96 valence electrons. The molecule has 6 heteroatoms. The molecule has 0 aromatic heterocycles. The highest BCUT2D eigenvalue weighted by molar-refractivity contribution is 14.1. The maximum absolute atomic E-state index is 11.9. The van der Waals surface area contributed by atoms with Gasteiger partial charge in [0.2, 0.25) is 0 Å². The summed E-state index contributed by atoms with van der Waals surface area (Å²) in [4.78, 5) is 0. The van der Waals surface area contributed by atoms with Crippen LogP contribution in [0.2, 0.25) is 0 Å². The van der Waals surface area contributed by atoms with Crippen molar-refractivity contribution in [2.75, 3.05) is 6.61 Å². The Labute approximate surface area is 109 Å². The van der Waals surface area contributed by atoms with Crippen LogP contribution in [0, 0.1) is 0 Å². The van der Waals surface area contributed by atoms with E-state index in [1.54, 1.807) is 6.20 Å². The molecule has 0 spiro atoms. The third kappa shape index (κ3) is 9.14. The molecule has 0 radical (unpaired) electrons. The van der Waals surface area contributed by atoms with E-state index in [4.69, 9.17) is 10.5 Å². The van der Waals surface area contributed by atoms with Gasteiger partial charge in [0.1, 0.15) is 12.4 Å². The van der Waals surface area contributed by atoms with Crippen molar-refractivity contribution in [3.63, 3.8) is 0 Å². The first-order valence-electron chi connectivity index (χ1n) is 5.21. The van der Waals surface area contributed by atoms with Crippen molar-refractivity contribution in [3.8, 4) is 0 Å². The Morgan fingerprint density at radius 3 is 2.62 bits per heavy atom. The van der Waals surface area contributed by atoms with Crippen LogP contribution in [-0.2, 0) is 4.74 Å². The van der Waals surface area contributed by atoms with Gasteiger partial charge in [-0.25, -0.2) is 8.78 Å². The number of rotatable bonds is 8. The second-order valence-electron chi connectivity index (χ2n) is 3.51. The van der Waals surface area contributed by atoms with Crippen LogP contribution >= 0.6 is 22.6 Å². The summed E-state index contributed by atoms with van der Waals surface area (Å²) in [6.07, 6.45) is 0.598. The molecule has 3 nitrogen and oxygen atoms in total. The minimum absolute atomic E-state index is 0.106. The van der Waals surface area contributed by atoms with Crippen LogP contribution < -0.4 is 11.1 Å². The monoisotopic (exact) mass is 348 g/mol. The fraction of sp³-hybridized carbons (Fsp3) is 0.800. The van der Waals surface area contributed by atoms with Gasteiger partial charge in [-0.15, -0.1) is 0 Å². The van der Waals surface area contributed by atoms with Crippen LogP contribution in [0.3, 0.4) is 0 Å². The zero-order valence-corrected chi connectivity index (χ0v) is 11.7.